The molecule has 1 N–H and O–H groups in total. The topological polar surface area (TPSA) is 20.2 Å². The second-order valence-corrected chi connectivity index (χ2v) is 8.35. The maximum Gasteiger partial charge on any atom is 0.424 e. The molecule has 0 bridgehead atoms. The second-order valence-electron chi connectivity index (χ2n) is 8.35. The molecule has 1 atom stereocenters. The van der Waals surface area contributed by atoms with E-state index in [0.29, 0.717) is 37.5 Å². The molecule has 0 aromatic carbocycles. The summed E-state index contributed by atoms with van der Waals surface area (Å²) in [5, 5.41) is 9.71. The van der Waals surface area contributed by atoms with Gasteiger partial charge in [0, 0.05) is 6.42 Å². The number of aliphatic hydroxyl groups is 1. The molecule has 0 aromatic heterocycles. The predicted molar refractivity (Wildman–Crippen MR) is 92.1 cm³/mol. The van der Waals surface area contributed by atoms with Crippen molar-refractivity contribution < 1.29 is 40.2 Å². The first-order valence-electron chi connectivity index (χ1n) is 9.87. The monoisotopic (exact) mass is 434 g/mol. The zero-order valence-corrected chi connectivity index (χ0v) is 16.0. The Morgan fingerprint density at radius 1 is 0.793 bits per heavy atom. The van der Waals surface area contributed by atoms with Gasteiger partial charge in [-0.1, -0.05) is 44.3 Å². The van der Waals surface area contributed by atoms with Crippen LogP contribution in [0, 0.1) is 17.8 Å². The Morgan fingerprint density at radius 3 is 1.72 bits per heavy atom. The molecule has 0 aliphatic heterocycles. The molecular weight excluding hydrogens is 408 g/mol. The number of halogens is 8. The highest BCUT2D eigenvalue weighted by Gasteiger charge is 2.71. The number of hydrogen-bond acceptors (Lipinski definition) is 1. The lowest BCUT2D eigenvalue weighted by molar-refractivity contribution is -0.325. The first kappa shape index (κ1) is 24.2. The Bertz CT molecular complexity index is 608. The number of alkyl halides is 5. The Hall–Kier alpha value is -1.12. The minimum absolute atomic E-state index is 0.321. The quantitative estimate of drug-likeness (QED) is 0.343. The summed E-state index contributed by atoms with van der Waals surface area (Å²) in [6.07, 6.45) is -3.39. The van der Waals surface area contributed by atoms with E-state index < -0.39 is 41.9 Å². The summed E-state index contributed by atoms with van der Waals surface area (Å²) < 4.78 is 105. The van der Waals surface area contributed by atoms with Gasteiger partial charge < -0.3 is 5.11 Å². The molecule has 0 amide bonds. The molecule has 0 aromatic rings. The average molecular weight is 434 g/mol. The minimum atomic E-state index is -6.04. The SMILES string of the molecule is C=C(CC(O)(C(F)(F)F)C(F)(F)C(F)=C(F)F)C1CCC(C2CCCCC2)CC1. The maximum absolute atomic E-state index is 13.9. The van der Waals surface area contributed by atoms with Gasteiger partial charge in [-0.2, -0.15) is 35.1 Å². The van der Waals surface area contributed by atoms with Crippen molar-refractivity contribution in [3.8, 4) is 0 Å². The largest absolute Gasteiger partial charge is 0.424 e. The zero-order chi connectivity index (χ0) is 22.0. The van der Waals surface area contributed by atoms with Crippen molar-refractivity contribution >= 4 is 0 Å². The Balaban J connectivity index is 2.10. The van der Waals surface area contributed by atoms with Crippen LogP contribution in [0.2, 0.25) is 0 Å². The molecule has 2 saturated carbocycles. The number of rotatable bonds is 6. The molecule has 2 fully saturated rings. The van der Waals surface area contributed by atoms with Crippen LogP contribution in [0.3, 0.4) is 0 Å². The second kappa shape index (κ2) is 8.94. The van der Waals surface area contributed by atoms with Crippen LogP contribution < -0.4 is 0 Å². The van der Waals surface area contributed by atoms with Crippen molar-refractivity contribution in [2.24, 2.45) is 17.8 Å². The van der Waals surface area contributed by atoms with Gasteiger partial charge >= 0.3 is 18.2 Å². The van der Waals surface area contributed by atoms with Crippen LogP contribution in [-0.2, 0) is 0 Å². The van der Waals surface area contributed by atoms with Crippen molar-refractivity contribution in [3.05, 3.63) is 24.1 Å². The third kappa shape index (κ3) is 4.97. The maximum atomic E-state index is 13.9. The summed E-state index contributed by atoms with van der Waals surface area (Å²) in [6.45, 7) is 3.41. The summed E-state index contributed by atoms with van der Waals surface area (Å²) in [5.41, 5.74) is -5.32. The van der Waals surface area contributed by atoms with Crippen LogP contribution in [0.25, 0.3) is 0 Å². The van der Waals surface area contributed by atoms with Gasteiger partial charge in [-0.05, 0) is 43.4 Å². The molecule has 0 heterocycles. The van der Waals surface area contributed by atoms with E-state index in [0.717, 1.165) is 25.7 Å². The lowest BCUT2D eigenvalue weighted by atomic mass is 9.69. The summed E-state index contributed by atoms with van der Waals surface area (Å²) >= 11 is 0. The van der Waals surface area contributed by atoms with E-state index >= 15 is 0 Å². The first-order valence-corrected chi connectivity index (χ1v) is 9.87. The minimum Gasteiger partial charge on any atom is -0.375 e. The van der Waals surface area contributed by atoms with Crippen molar-refractivity contribution in [2.75, 3.05) is 0 Å². The molecule has 0 spiro atoms. The van der Waals surface area contributed by atoms with Gasteiger partial charge in [-0.25, -0.2) is 0 Å². The van der Waals surface area contributed by atoms with Gasteiger partial charge in [0.1, 0.15) is 0 Å². The molecule has 168 valence electrons. The average Bonchev–Trinajstić information content (AvgIpc) is 2.66. The van der Waals surface area contributed by atoms with Crippen LogP contribution in [0.1, 0.15) is 64.2 Å². The third-order valence-electron chi connectivity index (χ3n) is 6.58. The Kier molecular flexibility index (Phi) is 7.44. The van der Waals surface area contributed by atoms with Gasteiger partial charge in [0.2, 0.25) is 11.4 Å². The van der Waals surface area contributed by atoms with Crippen molar-refractivity contribution in [1.82, 2.24) is 0 Å². The lowest BCUT2D eigenvalue weighted by Gasteiger charge is -2.40. The Morgan fingerprint density at radius 2 is 1.28 bits per heavy atom. The fourth-order valence-corrected chi connectivity index (χ4v) is 4.77. The highest BCUT2D eigenvalue weighted by atomic mass is 19.4. The van der Waals surface area contributed by atoms with Crippen LogP contribution >= 0.6 is 0 Å². The van der Waals surface area contributed by atoms with Gasteiger partial charge in [-0.3, -0.25) is 0 Å². The first-order chi connectivity index (χ1) is 13.3. The molecule has 2 aliphatic rings. The fourth-order valence-electron chi connectivity index (χ4n) is 4.77. The van der Waals surface area contributed by atoms with Gasteiger partial charge in [-0.15, -0.1) is 0 Å². The molecule has 2 rings (SSSR count). The Labute approximate surface area is 164 Å². The van der Waals surface area contributed by atoms with E-state index in [1.807, 2.05) is 0 Å². The smallest absolute Gasteiger partial charge is 0.375 e. The van der Waals surface area contributed by atoms with Gasteiger partial charge in [0.05, 0.1) is 0 Å². The molecular formula is C20H26F8O. The standard InChI is InChI=1S/C20H26F8O/c1-12(13-7-9-15(10-8-13)14-5-3-2-4-6-14)11-18(29,20(26,27)28)19(24,25)16(21)17(22)23/h13-15,29H,1-11H2. The molecule has 29 heavy (non-hydrogen) atoms. The van der Waals surface area contributed by atoms with Crippen molar-refractivity contribution in [2.45, 2.75) is 81.9 Å². The van der Waals surface area contributed by atoms with E-state index in [2.05, 4.69) is 6.58 Å². The highest BCUT2D eigenvalue weighted by molar-refractivity contribution is 5.21. The van der Waals surface area contributed by atoms with Crippen LogP contribution in [0.4, 0.5) is 35.1 Å². The van der Waals surface area contributed by atoms with Crippen LogP contribution in [0.5, 0.6) is 0 Å². The molecule has 0 radical (unpaired) electrons. The van der Waals surface area contributed by atoms with Crippen LogP contribution in [-0.4, -0.2) is 22.8 Å². The molecule has 9 heteroatoms. The molecule has 0 saturated heterocycles. The molecule has 1 unspecified atom stereocenters. The third-order valence-corrected chi connectivity index (χ3v) is 6.58. The van der Waals surface area contributed by atoms with E-state index in [1.165, 1.54) is 6.42 Å². The van der Waals surface area contributed by atoms with Crippen LogP contribution in [0.15, 0.2) is 24.1 Å². The van der Waals surface area contributed by atoms with Crippen molar-refractivity contribution in [1.29, 1.82) is 0 Å². The van der Waals surface area contributed by atoms with E-state index in [4.69, 9.17) is 0 Å². The van der Waals surface area contributed by atoms with Crippen molar-refractivity contribution in [3.63, 3.8) is 0 Å². The summed E-state index contributed by atoms with van der Waals surface area (Å²) in [6, 6.07) is 0. The zero-order valence-electron chi connectivity index (χ0n) is 16.0. The molecule has 2 aliphatic carbocycles. The van der Waals surface area contributed by atoms with E-state index in [-0.39, 0.29) is 5.57 Å². The summed E-state index contributed by atoms with van der Waals surface area (Å²) in [7, 11) is 0. The number of hydrogen-bond donors (Lipinski definition) is 1. The summed E-state index contributed by atoms with van der Waals surface area (Å²) in [5.74, 6) is -8.98. The lowest BCUT2D eigenvalue weighted by Crippen LogP contribution is -2.59. The predicted octanol–water partition coefficient (Wildman–Crippen LogP) is 7.33. The normalized spacial score (nSPS) is 26.7. The summed E-state index contributed by atoms with van der Waals surface area (Å²) in [4.78, 5) is 0. The van der Waals surface area contributed by atoms with Gasteiger partial charge in [0.25, 0.3) is 0 Å². The highest BCUT2D eigenvalue weighted by Crippen LogP contribution is 2.52. The van der Waals surface area contributed by atoms with Gasteiger partial charge in [0.15, 0.2) is 0 Å². The molecule has 1 nitrogen and oxygen atoms in total. The fraction of sp³-hybridized carbons (Fsp3) is 0.800. The van der Waals surface area contributed by atoms with E-state index in [1.54, 1.807) is 0 Å². The van der Waals surface area contributed by atoms with E-state index in [9.17, 15) is 40.2 Å².